The minimum absolute atomic E-state index is 0.0807. The van der Waals surface area contributed by atoms with Crippen molar-refractivity contribution in [1.82, 2.24) is 0 Å². The van der Waals surface area contributed by atoms with Gasteiger partial charge >= 0.3 is 7.82 Å². The number of phosphoric ester groups is 1. The zero-order valence-electron chi connectivity index (χ0n) is 16.3. The molecule has 0 amide bonds. The average molecular weight is 386 g/mol. The first kappa shape index (κ1) is 23.2. The fourth-order valence-electron chi connectivity index (χ4n) is 2.87. The first-order valence-electron chi connectivity index (χ1n) is 10.0. The summed E-state index contributed by atoms with van der Waals surface area (Å²) in [6.45, 7) is 3.94. The van der Waals surface area contributed by atoms with Crippen molar-refractivity contribution < 1.29 is 23.5 Å². The number of phosphoric acid groups is 1. The third-order valence-electron chi connectivity index (χ3n) is 4.29. The van der Waals surface area contributed by atoms with Gasteiger partial charge in [-0.15, -0.1) is 0 Å². The Morgan fingerprint density at radius 1 is 0.885 bits per heavy atom. The maximum Gasteiger partial charge on any atom is 0.508 e. The van der Waals surface area contributed by atoms with Gasteiger partial charge in [0.2, 0.25) is 0 Å². The average Bonchev–Trinajstić information content (AvgIpc) is 2.62. The summed E-state index contributed by atoms with van der Waals surface area (Å²) in [4.78, 5) is 14.5. The van der Waals surface area contributed by atoms with E-state index in [1.807, 2.05) is 18.2 Å². The lowest BCUT2D eigenvalue weighted by molar-refractivity contribution is -0.127. The second-order valence-corrected chi connectivity index (χ2v) is 7.93. The number of rotatable bonds is 16. The largest absolute Gasteiger partial charge is 0.508 e. The van der Waals surface area contributed by atoms with E-state index in [0.717, 1.165) is 18.4 Å². The van der Waals surface area contributed by atoms with E-state index in [1.54, 1.807) is 13.0 Å². The Labute approximate surface area is 158 Å². The Kier molecular flexibility index (Phi) is 12.7. The van der Waals surface area contributed by atoms with Crippen molar-refractivity contribution in [2.24, 2.45) is 0 Å². The molecule has 0 heterocycles. The van der Waals surface area contributed by atoms with Crippen LogP contribution in [0, 0.1) is 0 Å². The summed E-state index contributed by atoms with van der Waals surface area (Å²) in [7, 11) is -4.15. The van der Waals surface area contributed by atoms with E-state index in [-0.39, 0.29) is 6.61 Å². The molecular formula is C20H35O5P. The maximum absolute atomic E-state index is 11.5. The van der Waals surface area contributed by atoms with E-state index >= 15 is 0 Å². The van der Waals surface area contributed by atoms with Gasteiger partial charge in [0.1, 0.15) is 0 Å². The van der Waals surface area contributed by atoms with Crippen LogP contribution in [0.2, 0.25) is 0 Å². The predicted molar refractivity (Wildman–Crippen MR) is 105 cm³/mol. The zero-order chi connectivity index (χ0) is 19.1. The highest BCUT2D eigenvalue weighted by atomic mass is 31.2. The molecule has 0 radical (unpaired) electrons. The molecule has 1 unspecified atom stereocenters. The van der Waals surface area contributed by atoms with Crippen LogP contribution in [-0.4, -0.2) is 11.5 Å². The van der Waals surface area contributed by atoms with Gasteiger partial charge in [-0.2, -0.15) is 0 Å². The highest BCUT2D eigenvalue weighted by Gasteiger charge is 2.23. The molecule has 6 heteroatoms. The molecule has 0 saturated heterocycles. The summed E-state index contributed by atoms with van der Waals surface area (Å²) in [6.07, 6.45) is 13.8. The molecule has 1 aromatic rings. The summed E-state index contributed by atoms with van der Waals surface area (Å²) in [5.74, 6) is 0.470. The Morgan fingerprint density at radius 3 is 2.08 bits per heavy atom. The molecule has 0 saturated carbocycles. The van der Waals surface area contributed by atoms with Gasteiger partial charge in [0.05, 0.1) is 6.61 Å². The molecule has 150 valence electrons. The van der Waals surface area contributed by atoms with Gasteiger partial charge in [0.25, 0.3) is 0 Å². The summed E-state index contributed by atoms with van der Waals surface area (Å²) < 4.78 is 20.7. The van der Waals surface area contributed by atoms with Gasteiger partial charge in [0.15, 0.2) is 5.75 Å². The van der Waals surface area contributed by atoms with Crippen LogP contribution in [-0.2, 0) is 20.2 Å². The molecule has 0 aromatic heterocycles. The Balaban J connectivity index is 2.22. The molecule has 0 aliphatic heterocycles. The van der Waals surface area contributed by atoms with E-state index in [9.17, 15) is 9.46 Å². The van der Waals surface area contributed by atoms with Gasteiger partial charge in [-0.1, -0.05) is 87.6 Å². The Morgan fingerprint density at radius 2 is 1.46 bits per heavy atom. The van der Waals surface area contributed by atoms with Crippen LogP contribution in [0.5, 0.6) is 5.75 Å². The third kappa shape index (κ3) is 11.0. The highest BCUT2D eigenvalue weighted by molar-refractivity contribution is 7.47. The van der Waals surface area contributed by atoms with E-state index in [1.165, 1.54) is 57.8 Å². The van der Waals surface area contributed by atoms with Crippen LogP contribution in [0.3, 0.4) is 0 Å². The molecule has 5 nitrogen and oxygen atoms in total. The lowest BCUT2D eigenvalue weighted by Crippen LogP contribution is -2.01. The molecule has 0 bridgehead atoms. The number of aryl methyl sites for hydroxylation is 1. The molecule has 1 atom stereocenters. The van der Waals surface area contributed by atoms with Gasteiger partial charge < -0.3 is 9.78 Å². The summed E-state index contributed by atoms with van der Waals surface area (Å²) in [6, 6.07) is 7.43. The van der Waals surface area contributed by atoms with Crippen LogP contribution >= 0.6 is 7.82 Å². The summed E-state index contributed by atoms with van der Waals surface area (Å²) in [5.41, 5.74) is 0.976. The lowest BCUT2D eigenvalue weighted by Gasteiger charge is -2.12. The van der Waals surface area contributed by atoms with Crippen molar-refractivity contribution in [1.29, 1.82) is 0 Å². The minimum atomic E-state index is -4.15. The second-order valence-electron chi connectivity index (χ2n) is 6.58. The topological polar surface area (TPSA) is 65.0 Å². The zero-order valence-corrected chi connectivity index (χ0v) is 17.2. The van der Waals surface area contributed by atoms with Crippen molar-refractivity contribution in [2.75, 3.05) is 6.61 Å². The van der Waals surface area contributed by atoms with Crippen LogP contribution in [0.15, 0.2) is 24.3 Å². The van der Waals surface area contributed by atoms with Crippen LogP contribution in [0.1, 0.15) is 83.6 Å². The van der Waals surface area contributed by atoms with E-state index in [4.69, 9.17) is 4.89 Å². The molecule has 0 aliphatic carbocycles. The fraction of sp³-hybridized carbons (Fsp3) is 0.700. The number of para-hydroxylation sites is 1. The highest BCUT2D eigenvalue weighted by Crippen LogP contribution is 2.43. The molecule has 1 aromatic carbocycles. The smallest absolute Gasteiger partial charge is 0.327 e. The fourth-order valence-corrected chi connectivity index (χ4v) is 3.41. The molecule has 0 spiro atoms. The third-order valence-corrected chi connectivity index (χ3v) is 5.13. The first-order chi connectivity index (χ1) is 12.6. The number of benzene rings is 1. The van der Waals surface area contributed by atoms with Crippen molar-refractivity contribution in [3.63, 3.8) is 0 Å². The molecule has 26 heavy (non-hydrogen) atoms. The number of unbranched alkanes of at least 4 members (excludes halogenated alkanes) is 9. The van der Waals surface area contributed by atoms with E-state index < -0.39 is 7.82 Å². The van der Waals surface area contributed by atoms with Crippen molar-refractivity contribution >= 4 is 7.82 Å². The molecule has 1 rings (SSSR count). The van der Waals surface area contributed by atoms with Crippen LogP contribution in [0.4, 0.5) is 0 Å². The molecule has 0 aliphatic rings. The normalized spacial score (nSPS) is 13.5. The van der Waals surface area contributed by atoms with Crippen LogP contribution < -0.4 is 4.89 Å². The summed E-state index contributed by atoms with van der Waals surface area (Å²) in [5, 5.41) is 0. The predicted octanol–water partition coefficient (Wildman–Crippen LogP) is 6.60. The SMILES string of the molecule is CCCCCCCCCCCCc1ccccc1OOP(=O)(O)OCC. The van der Waals surface area contributed by atoms with Crippen molar-refractivity contribution in [3.8, 4) is 5.75 Å². The standard InChI is InChI=1S/C20H35O5P/c1-3-5-6-7-8-9-10-11-12-13-16-19-17-14-15-18-20(19)24-25-26(21,22)23-4-2/h14-15,17-18H,3-13,16H2,1-2H3,(H,21,22). The Hall–Kier alpha value is -0.870. The second kappa shape index (κ2) is 14.2. The number of hydrogen-bond donors (Lipinski definition) is 1. The van der Waals surface area contributed by atoms with E-state index in [0.29, 0.717) is 5.75 Å². The molecule has 1 N–H and O–H groups in total. The molecule has 0 fully saturated rings. The first-order valence-corrected chi connectivity index (χ1v) is 11.5. The lowest BCUT2D eigenvalue weighted by atomic mass is 10.0. The van der Waals surface area contributed by atoms with Gasteiger partial charge in [-0.3, -0.25) is 4.52 Å². The van der Waals surface area contributed by atoms with Gasteiger partial charge in [-0.25, -0.2) is 4.57 Å². The quantitative estimate of drug-likeness (QED) is 0.150. The van der Waals surface area contributed by atoms with E-state index in [2.05, 4.69) is 16.1 Å². The monoisotopic (exact) mass is 386 g/mol. The van der Waals surface area contributed by atoms with Crippen molar-refractivity contribution in [3.05, 3.63) is 29.8 Å². The minimum Gasteiger partial charge on any atom is -0.327 e. The van der Waals surface area contributed by atoms with Crippen molar-refractivity contribution in [2.45, 2.75) is 84.5 Å². The maximum atomic E-state index is 11.5. The molecular weight excluding hydrogens is 351 g/mol. The Bertz CT molecular complexity index is 521. The summed E-state index contributed by atoms with van der Waals surface area (Å²) >= 11 is 0. The van der Waals surface area contributed by atoms with Gasteiger partial charge in [-0.05, 0) is 31.4 Å². The van der Waals surface area contributed by atoms with Gasteiger partial charge in [0, 0.05) is 0 Å². The number of hydrogen-bond acceptors (Lipinski definition) is 4. The van der Waals surface area contributed by atoms with Crippen LogP contribution in [0.25, 0.3) is 0 Å².